The molecule has 0 aliphatic rings. The van der Waals surface area contributed by atoms with Gasteiger partial charge in [-0.25, -0.2) is 4.39 Å². The molecule has 4 nitrogen and oxygen atoms in total. The van der Waals surface area contributed by atoms with E-state index in [1.807, 2.05) is 6.07 Å². The van der Waals surface area contributed by atoms with Crippen molar-refractivity contribution in [1.29, 1.82) is 5.26 Å². The van der Waals surface area contributed by atoms with Gasteiger partial charge in [-0.3, -0.25) is 4.90 Å². The van der Waals surface area contributed by atoms with Crippen molar-refractivity contribution < 1.29 is 13.9 Å². The molecule has 1 aromatic rings. The monoisotopic (exact) mass is 280 g/mol. The summed E-state index contributed by atoms with van der Waals surface area (Å²) in [5.74, 6) is -0.482. The van der Waals surface area contributed by atoms with Crippen molar-refractivity contribution in [3.05, 3.63) is 35.1 Å². The van der Waals surface area contributed by atoms with Crippen LogP contribution in [0.2, 0.25) is 0 Å². The fourth-order valence-corrected chi connectivity index (χ4v) is 2.00. The number of benzene rings is 1. The molecule has 0 fully saturated rings. The van der Waals surface area contributed by atoms with Gasteiger partial charge in [-0.15, -0.1) is 0 Å². The number of nitrogens with zero attached hydrogens (tertiary/aromatic N) is 2. The van der Waals surface area contributed by atoms with Crippen molar-refractivity contribution in [2.75, 3.05) is 34.0 Å². The number of ether oxygens (including phenoxy) is 2. The minimum atomic E-state index is -0.482. The number of methoxy groups -OCH3 is 2. The smallest absolute Gasteiger partial charge is 0.140 e. The molecule has 0 N–H and O–H groups in total. The lowest BCUT2D eigenvalue weighted by atomic mass is 10.1. The Morgan fingerprint density at radius 3 is 2.70 bits per heavy atom. The van der Waals surface area contributed by atoms with Crippen LogP contribution >= 0.6 is 0 Å². The van der Waals surface area contributed by atoms with Crippen LogP contribution in [0.5, 0.6) is 0 Å². The Hall–Kier alpha value is -1.48. The first kappa shape index (κ1) is 16.6. The number of hydrogen-bond acceptors (Lipinski definition) is 4. The molecule has 1 unspecified atom stereocenters. The predicted octanol–water partition coefficient (Wildman–Crippen LogP) is 2.18. The van der Waals surface area contributed by atoms with Gasteiger partial charge in [-0.1, -0.05) is 6.07 Å². The molecule has 0 radical (unpaired) electrons. The van der Waals surface area contributed by atoms with Gasteiger partial charge in [0.05, 0.1) is 18.8 Å². The van der Waals surface area contributed by atoms with Crippen molar-refractivity contribution in [3.63, 3.8) is 0 Å². The lowest BCUT2D eigenvalue weighted by Crippen LogP contribution is -2.38. The van der Waals surface area contributed by atoms with Gasteiger partial charge in [0.1, 0.15) is 11.9 Å². The first-order chi connectivity index (χ1) is 9.62. The summed E-state index contributed by atoms with van der Waals surface area (Å²) in [4.78, 5) is 2.18. The van der Waals surface area contributed by atoms with Gasteiger partial charge < -0.3 is 9.47 Å². The van der Waals surface area contributed by atoms with Gasteiger partial charge in [0.15, 0.2) is 0 Å². The van der Waals surface area contributed by atoms with Crippen LogP contribution in [0.4, 0.5) is 4.39 Å². The zero-order valence-electron chi connectivity index (χ0n) is 12.2. The summed E-state index contributed by atoms with van der Waals surface area (Å²) < 4.78 is 23.6. The molecular formula is C15H21FN2O2. The van der Waals surface area contributed by atoms with Crippen molar-refractivity contribution >= 4 is 0 Å². The van der Waals surface area contributed by atoms with Gasteiger partial charge in [0.25, 0.3) is 0 Å². The molecule has 0 bridgehead atoms. The van der Waals surface area contributed by atoms with E-state index in [1.54, 1.807) is 26.4 Å². The van der Waals surface area contributed by atoms with Gasteiger partial charge in [0, 0.05) is 33.4 Å². The quantitative estimate of drug-likeness (QED) is 0.732. The van der Waals surface area contributed by atoms with E-state index in [0.717, 1.165) is 12.1 Å². The zero-order chi connectivity index (χ0) is 15.0. The van der Waals surface area contributed by atoms with Crippen LogP contribution in [0.3, 0.4) is 0 Å². The Bertz CT molecular complexity index is 460. The molecular weight excluding hydrogens is 259 g/mol. The Morgan fingerprint density at radius 2 is 2.10 bits per heavy atom. The third-order valence-corrected chi connectivity index (χ3v) is 3.15. The summed E-state index contributed by atoms with van der Waals surface area (Å²) in [6.45, 7) is 4.66. The maximum atomic E-state index is 13.3. The van der Waals surface area contributed by atoms with Gasteiger partial charge in [0.2, 0.25) is 0 Å². The molecule has 0 saturated heterocycles. The van der Waals surface area contributed by atoms with Crippen LogP contribution in [-0.4, -0.2) is 44.9 Å². The van der Waals surface area contributed by atoms with Gasteiger partial charge in [-0.05, 0) is 24.6 Å². The highest BCUT2D eigenvalue weighted by atomic mass is 19.1. The number of halogens is 1. The molecule has 0 aliphatic carbocycles. The van der Waals surface area contributed by atoms with Crippen LogP contribution in [0.1, 0.15) is 18.1 Å². The number of hydrogen-bond donors (Lipinski definition) is 0. The van der Waals surface area contributed by atoms with Crippen LogP contribution in [0.25, 0.3) is 0 Å². The molecule has 1 aromatic carbocycles. The fourth-order valence-electron chi connectivity index (χ4n) is 2.00. The van der Waals surface area contributed by atoms with Crippen LogP contribution in [0, 0.1) is 17.1 Å². The zero-order valence-corrected chi connectivity index (χ0v) is 12.2. The molecule has 0 spiro atoms. The number of rotatable bonds is 8. The lowest BCUT2D eigenvalue weighted by molar-refractivity contribution is 0.0705. The summed E-state index contributed by atoms with van der Waals surface area (Å²) in [5.41, 5.74) is 0.982. The summed E-state index contributed by atoms with van der Waals surface area (Å²) in [6.07, 6.45) is 0. The summed E-state index contributed by atoms with van der Waals surface area (Å²) in [7, 11) is 3.32. The average Bonchev–Trinajstić information content (AvgIpc) is 2.45. The van der Waals surface area contributed by atoms with E-state index in [1.165, 1.54) is 6.07 Å². The lowest BCUT2D eigenvalue weighted by Gasteiger charge is -2.28. The van der Waals surface area contributed by atoms with Crippen molar-refractivity contribution in [2.45, 2.75) is 19.5 Å². The summed E-state index contributed by atoms with van der Waals surface area (Å²) in [6, 6.07) is 6.71. The second-order valence-electron chi connectivity index (χ2n) is 4.69. The Kier molecular flexibility index (Phi) is 7.16. The highest BCUT2D eigenvalue weighted by Crippen LogP contribution is 2.13. The SMILES string of the molecule is COCCN(Cc1ccc(F)c(C#N)c1)C(C)COC. The van der Waals surface area contributed by atoms with E-state index in [0.29, 0.717) is 19.8 Å². The second kappa shape index (κ2) is 8.64. The highest BCUT2D eigenvalue weighted by molar-refractivity contribution is 5.34. The molecule has 20 heavy (non-hydrogen) atoms. The topological polar surface area (TPSA) is 45.5 Å². The van der Waals surface area contributed by atoms with E-state index >= 15 is 0 Å². The minimum Gasteiger partial charge on any atom is -0.383 e. The third-order valence-electron chi connectivity index (χ3n) is 3.15. The standard InChI is InChI=1S/C15H21FN2O2/c1-12(11-20-3)18(6-7-19-2)10-13-4-5-15(16)14(8-13)9-17/h4-5,8,12H,6-7,10-11H2,1-3H3. The van der Waals surface area contributed by atoms with Crippen molar-refractivity contribution in [1.82, 2.24) is 4.90 Å². The molecule has 0 aromatic heterocycles. The molecule has 0 heterocycles. The maximum Gasteiger partial charge on any atom is 0.140 e. The largest absolute Gasteiger partial charge is 0.383 e. The normalized spacial score (nSPS) is 12.4. The molecule has 110 valence electrons. The molecule has 0 saturated carbocycles. The molecule has 1 atom stereocenters. The van der Waals surface area contributed by atoms with Crippen molar-refractivity contribution in [3.8, 4) is 6.07 Å². The first-order valence-electron chi connectivity index (χ1n) is 6.52. The fraction of sp³-hybridized carbons (Fsp3) is 0.533. The van der Waals surface area contributed by atoms with Crippen LogP contribution in [-0.2, 0) is 16.0 Å². The Balaban J connectivity index is 2.80. The van der Waals surface area contributed by atoms with Gasteiger partial charge in [-0.2, -0.15) is 5.26 Å². The van der Waals surface area contributed by atoms with Crippen LogP contribution < -0.4 is 0 Å². The summed E-state index contributed by atoms with van der Waals surface area (Å²) >= 11 is 0. The molecule has 0 aliphatic heterocycles. The van der Waals surface area contributed by atoms with Gasteiger partial charge >= 0.3 is 0 Å². The average molecular weight is 280 g/mol. The van der Waals surface area contributed by atoms with E-state index in [2.05, 4.69) is 11.8 Å². The molecule has 5 heteroatoms. The summed E-state index contributed by atoms with van der Waals surface area (Å²) in [5, 5.41) is 8.87. The van der Waals surface area contributed by atoms with Crippen molar-refractivity contribution in [2.24, 2.45) is 0 Å². The third kappa shape index (κ3) is 4.89. The van der Waals surface area contributed by atoms with E-state index < -0.39 is 5.82 Å². The van der Waals surface area contributed by atoms with E-state index in [9.17, 15) is 4.39 Å². The predicted molar refractivity (Wildman–Crippen MR) is 74.7 cm³/mol. The molecule has 0 amide bonds. The van der Waals surface area contributed by atoms with E-state index in [-0.39, 0.29) is 11.6 Å². The molecule has 1 rings (SSSR count). The first-order valence-corrected chi connectivity index (χ1v) is 6.52. The Morgan fingerprint density at radius 1 is 1.35 bits per heavy atom. The van der Waals surface area contributed by atoms with Crippen LogP contribution in [0.15, 0.2) is 18.2 Å². The minimum absolute atomic E-state index is 0.0774. The maximum absolute atomic E-state index is 13.3. The second-order valence-corrected chi connectivity index (χ2v) is 4.69. The highest BCUT2D eigenvalue weighted by Gasteiger charge is 2.14. The Labute approximate surface area is 119 Å². The van der Waals surface area contributed by atoms with E-state index in [4.69, 9.17) is 14.7 Å². The number of nitriles is 1.